The van der Waals surface area contributed by atoms with Crippen molar-refractivity contribution in [1.82, 2.24) is 20.0 Å². The highest BCUT2D eigenvalue weighted by Gasteiger charge is 2.14. The minimum absolute atomic E-state index is 0.456. The minimum Gasteiger partial charge on any atom is -0.386 e. The maximum Gasteiger partial charge on any atom is 0.112 e. The Hall–Kier alpha value is -2.05. The van der Waals surface area contributed by atoms with E-state index in [0.29, 0.717) is 12.1 Å². The van der Waals surface area contributed by atoms with Crippen molar-refractivity contribution < 1.29 is 5.11 Å². The van der Waals surface area contributed by atoms with E-state index in [-0.39, 0.29) is 0 Å². The molecule has 1 N–H and O–H groups in total. The summed E-state index contributed by atoms with van der Waals surface area (Å²) < 4.78 is 0. The van der Waals surface area contributed by atoms with Gasteiger partial charge in [0.15, 0.2) is 0 Å². The Bertz CT molecular complexity index is 692. The Kier molecular flexibility index (Phi) is 3.58. The van der Waals surface area contributed by atoms with E-state index in [4.69, 9.17) is 0 Å². The molecule has 0 bridgehead atoms. The van der Waals surface area contributed by atoms with Crippen molar-refractivity contribution in [3.05, 3.63) is 58.3 Å². The molecule has 1 atom stereocenters. The molecule has 20 heavy (non-hydrogen) atoms. The number of hydrogen-bond acceptors (Lipinski definition) is 5. The van der Waals surface area contributed by atoms with Crippen molar-refractivity contribution in [3.63, 3.8) is 0 Å². The molecule has 3 rings (SSSR count). The fourth-order valence-corrected chi connectivity index (χ4v) is 2.54. The molecule has 2 aromatic heterocycles. The number of hydrogen-bond donors (Lipinski definition) is 1. The van der Waals surface area contributed by atoms with E-state index >= 15 is 0 Å². The third-order valence-corrected chi connectivity index (χ3v) is 3.73. The summed E-state index contributed by atoms with van der Waals surface area (Å²) in [5.41, 5.74) is 2.31. The molecule has 2 heterocycles. The molecule has 102 valence electrons. The van der Waals surface area contributed by atoms with E-state index in [2.05, 4.69) is 15.2 Å². The Morgan fingerprint density at radius 3 is 2.80 bits per heavy atom. The zero-order valence-electron chi connectivity index (χ0n) is 11.0. The lowest BCUT2D eigenvalue weighted by Gasteiger charge is -2.04. The molecule has 0 saturated carbocycles. The van der Waals surface area contributed by atoms with Gasteiger partial charge in [-0.1, -0.05) is 18.2 Å². The molecule has 0 radical (unpaired) electrons. The van der Waals surface area contributed by atoms with Crippen LogP contribution in [-0.4, -0.2) is 25.1 Å². The summed E-state index contributed by atoms with van der Waals surface area (Å²) in [5, 5.41) is 21.6. The van der Waals surface area contributed by atoms with E-state index in [1.54, 1.807) is 17.5 Å². The van der Waals surface area contributed by atoms with Gasteiger partial charge in [0.25, 0.3) is 0 Å². The van der Waals surface area contributed by atoms with Gasteiger partial charge in [0, 0.05) is 11.8 Å². The first-order valence-corrected chi connectivity index (χ1v) is 7.17. The van der Waals surface area contributed by atoms with Crippen LogP contribution in [0, 0.1) is 6.92 Å². The molecule has 0 amide bonds. The van der Waals surface area contributed by atoms with Crippen LogP contribution in [0.2, 0.25) is 0 Å². The summed E-state index contributed by atoms with van der Waals surface area (Å²) in [4.78, 5) is 5.86. The molecule has 0 aliphatic heterocycles. The molecule has 0 saturated heterocycles. The SMILES string of the molecule is Cc1nc(CC(O)c2cnn(-c3ccccc3)n2)cs1. The highest BCUT2D eigenvalue weighted by atomic mass is 32.1. The van der Waals surface area contributed by atoms with Crippen LogP contribution < -0.4 is 0 Å². The number of aliphatic hydroxyl groups excluding tert-OH is 1. The molecule has 6 heteroatoms. The van der Waals surface area contributed by atoms with Gasteiger partial charge in [-0.3, -0.25) is 0 Å². The van der Waals surface area contributed by atoms with Crippen LogP contribution in [0.5, 0.6) is 0 Å². The maximum atomic E-state index is 10.2. The van der Waals surface area contributed by atoms with Gasteiger partial charge < -0.3 is 5.11 Å². The minimum atomic E-state index is -0.686. The second-order valence-electron chi connectivity index (χ2n) is 4.47. The van der Waals surface area contributed by atoms with E-state index in [1.165, 1.54) is 4.80 Å². The van der Waals surface area contributed by atoms with Crippen molar-refractivity contribution in [2.24, 2.45) is 0 Å². The fraction of sp³-hybridized carbons (Fsp3) is 0.214. The average molecular weight is 286 g/mol. The summed E-state index contributed by atoms with van der Waals surface area (Å²) in [6.45, 7) is 1.95. The summed E-state index contributed by atoms with van der Waals surface area (Å²) in [6.07, 6.45) is 1.36. The van der Waals surface area contributed by atoms with Crippen LogP contribution in [0.15, 0.2) is 41.9 Å². The maximum absolute atomic E-state index is 10.2. The third kappa shape index (κ3) is 2.76. The molecule has 0 spiro atoms. The van der Waals surface area contributed by atoms with Crippen molar-refractivity contribution in [3.8, 4) is 5.69 Å². The van der Waals surface area contributed by atoms with Gasteiger partial charge in [0.1, 0.15) is 11.8 Å². The summed E-state index contributed by atoms with van der Waals surface area (Å²) in [6, 6.07) is 9.62. The van der Waals surface area contributed by atoms with Gasteiger partial charge in [-0.25, -0.2) is 4.98 Å². The van der Waals surface area contributed by atoms with Gasteiger partial charge >= 0.3 is 0 Å². The molecule has 3 aromatic rings. The number of thiazole rings is 1. The second-order valence-corrected chi connectivity index (χ2v) is 5.53. The predicted octanol–water partition coefficient (Wildman–Crippen LogP) is 2.31. The van der Waals surface area contributed by atoms with Gasteiger partial charge in [-0.15, -0.1) is 11.3 Å². The fourth-order valence-electron chi connectivity index (χ4n) is 1.92. The van der Waals surface area contributed by atoms with Crippen LogP contribution in [0.25, 0.3) is 5.69 Å². The summed E-state index contributed by atoms with van der Waals surface area (Å²) in [5.74, 6) is 0. The highest BCUT2D eigenvalue weighted by molar-refractivity contribution is 7.09. The number of rotatable bonds is 4. The number of aliphatic hydroxyl groups is 1. The molecule has 0 aliphatic carbocycles. The van der Waals surface area contributed by atoms with Gasteiger partial charge in [0.2, 0.25) is 0 Å². The smallest absolute Gasteiger partial charge is 0.112 e. The third-order valence-electron chi connectivity index (χ3n) is 2.91. The van der Waals surface area contributed by atoms with E-state index in [1.807, 2.05) is 42.6 Å². The Morgan fingerprint density at radius 2 is 2.10 bits per heavy atom. The first-order chi connectivity index (χ1) is 9.72. The summed E-state index contributed by atoms with van der Waals surface area (Å²) >= 11 is 1.58. The van der Waals surface area contributed by atoms with Gasteiger partial charge in [-0.2, -0.15) is 15.0 Å². The highest BCUT2D eigenvalue weighted by Crippen LogP contribution is 2.18. The quantitative estimate of drug-likeness (QED) is 0.799. The molecule has 0 fully saturated rings. The second kappa shape index (κ2) is 5.52. The van der Waals surface area contributed by atoms with E-state index in [0.717, 1.165) is 16.4 Å². The topological polar surface area (TPSA) is 63.8 Å². The first-order valence-electron chi connectivity index (χ1n) is 6.29. The van der Waals surface area contributed by atoms with Crippen molar-refractivity contribution in [1.29, 1.82) is 0 Å². The zero-order valence-corrected chi connectivity index (χ0v) is 11.8. The lowest BCUT2D eigenvalue weighted by atomic mass is 10.2. The zero-order chi connectivity index (χ0) is 13.9. The Labute approximate surface area is 120 Å². The van der Waals surface area contributed by atoms with Crippen LogP contribution >= 0.6 is 11.3 Å². The number of nitrogens with zero attached hydrogens (tertiary/aromatic N) is 4. The van der Waals surface area contributed by atoms with Crippen molar-refractivity contribution >= 4 is 11.3 Å². The van der Waals surface area contributed by atoms with Crippen molar-refractivity contribution in [2.45, 2.75) is 19.4 Å². The number of aromatic nitrogens is 4. The summed E-state index contributed by atoms with van der Waals surface area (Å²) in [7, 11) is 0. The van der Waals surface area contributed by atoms with E-state index < -0.39 is 6.10 Å². The monoisotopic (exact) mass is 286 g/mol. The molecule has 0 aliphatic rings. The normalized spacial score (nSPS) is 12.5. The van der Waals surface area contributed by atoms with Crippen LogP contribution in [0.3, 0.4) is 0 Å². The number of aryl methyl sites for hydroxylation is 1. The number of benzene rings is 1. The van der Waals surface area contributed by atoms with Crippen LogP contribution in [-0.2, 0) is 6.42 Å². The predicted molar refractivity (Wildman–Crippen MR) is 76.9 cm³/mol. The molecule has 1 unspecified atom stereocenters. The lowest BCUT2D eigenvalue weighted by Crippen LogP contribution is -2.05. The standard InChI is InChI=1S/C14H14N4OS/c1-10-16-11(9-20-10)7-14(19)13-8-15-18(17-13)12-5-3-2-4-6-12/h2-6,8-9,14,19H,7H2,1H3. The van der Waals surface area contributed by atoms with Crippen LogP contribution in [0.1, 0.15) is 22.5 Å². The Balaban J connectivity index is 1.76. The number of para-hydroxylation sites is 1. The molecule has 5 nitrogen and oxygen atoms in total. The van der Waals surface area contributed by atoms with Crippen molar-refractivity contribution in [2.75, 3.05) is 0 Å². The van der Waals surface area contributed by atoms with Gasteiger partial charge in [-0.05, 0) is 19.1 Å². The van der Waals surface area contributed by atoms with Crippen LogP contribution in [0.4, 0.5) is 0 Å². The lowest BCUT2D eigenvalue weighted by molar-refractivity contribution is 0.172. The molecular formula is C14H14N4OS. The average Bonchev–Trinajstić information content (AvgIpc) is 3.09. The first kappa shape index (κ1) is 13.0. The molecular weight excluding hydrogens is 272 g/mol. The largest absolute Gasteiger partial charge is 0.386 e. The van der Waals surface area contributed by atoms with E-state index in [9.17, 15) is 5.11 Å². The van der Waals surface area contributed by atoms with Gasteiger partial charge in [0.05, 0.1) is 22.6 Å². The Morgan fingerprint density at radius 1 is 1.30 bits per heavy atom. The molecule has 1 aromatic carbocycles.